The van der Waals surface area contributed by atoms with Crippen molar-refractivity contribution in [3.8, 4) is 11.8 Å². The minimum Gasteiger partial charge on any atom is -0.465 e. The van der Waals surface area contributed by atoms with E-state index in [1.54, 1.807) is 0 Å². The zero-order valence-electron chi connectivity index (χ0n) is 20.9. The van der Waals surface area contributed by atoms with E-state index in [1.807, 2.05) is 24.8 Å². The molecular weight excluding hydrogens is 450 g/mol. The molecule has 1 amide bonds. The van der Waals surface area contributed by atoms with Gasteiger partial charge in [-0.25, -0.2) is 4.79 Å². The lowest BCUT2D eigenvalue weighted by Crippen LogP contribution is -2.49. The van der Waals surface area contributed by atoms with Crippen molar-refractivity contribution in [3.05, 3.63) is 15.8 Å². The Morgan fingerprint density at radius 1 is 1.12 bits per heavy atom. The molecule has 6 nitrogen and oxygen atoms in total. The average Bonchev–Trinajstić information content (AvgIpc) is 3.46. The lowest BCUT2D eigenvalue weighted by atomic mass is 9.81. The van der Waals surface area contributed by atoms with Gasteiger partial charge in [0.25, 0.3) is 0 Å². The van der Waals surface area contributed by atoms with Crippen LogP contribution in [-0.4, -0.2) is 44.0 Å². The molecule has 34 heavy (non-hydrogen) atoms. The summed E-state index contributed by atoms with van der Waals surface area (Å²) in [6.45, 7) is 7.58. The van der Waals surface area contributed by atoms with E-state index in [-0.39, 0.29) is 23.8 Å². The van der Waals surface area contributed by atoms with Gasteiger partial charge in [0.05, 0.1) is 30.9 Å². The molecule has 1 aromatic heterocycles. The van der Waals surface area contributed by atoms with E-state index in [9.17, 15) is 9.59 Å². The average molecular weight is 488 g/mol. The summed E-state index contributed by atoms with van der Waals surface area (Å²) in [5, 5.41) is 0. The van der Waals surface area contributed by atoms with Crippen molar-refractivity contribution in [2.45, 2.75) is 84.0 Å². The van der Waals surface area contributed by atoms with Gasteiger partial charge in [0, 0.05) is 30.7 Å². The van der Waals surface area contributed by atoms with Crippen molar-refractivity contribution >= 4 is 28.9 Å². The van der Waals surface area contributed by atoms with Crippen molar-refractivity contribution in [3.63, 3.8) is 0 Å². The first-order valence-electron chi connectivity index (χ1n) is 12.7. The van der Waals surface area contributed by atoms with Gasteiger partial charge < -0.3 is 19.1 Å². The Bertz CT molecular complexity index is 934. The fourth-order valence-corrected chi connectivity index (χ4v) is 6.29. The molecular formula is C27H37NO5S. The first-order chi connectivity index (χ1) is 16.3. The number of amides is 1. The van der Waals surface area contributed by atoms with E-state index in [0.29, 0.717) is 29.7 Å². The first kappa shape index (κ1) is 25.2. The van der Waals surface area contributed by atoms with Crippen LogP contribution in [0, 0.1) is 29.6 Å². The van der Waals surface area contributed by atoms with Crippen molar-refractivity contribution in [2.24, 2.45) is 17.8 Å². The summed E-state index contributed by atoms with van der Waals surface area (Å²) in [5.41, 5.74) is 0.655. The van der Waals surface area contributed by atoms with Crippen LogP contribution in [0.2, 0.25) is 0 Å². The van der Waals surface area contributed by atoms with Gasteiger partial charge in [-0.05, 0) is 50.5 Å². The lowest BCUT2D eigenvalue weighted by Gasteiger charge is -2.42. The highest BCUT2D eigenvalue weighted by atomic mass is 32.1. The molecule has 1 aromatic rings. The zero-order chi connectivity index (χ0) is 24.3. The largest absolute Gasteiger partial charge is 0.465 e. The number of carbonyl (C=O) groups is 2. The molecule has 1 spiro atoms. The molecule has 2 heterocycles. The molecule has 0 atom stereocenters. The number of rotatable bonds is 4. The zero-order valence-corrected chi connectivity index (χ0v) is 21.7. The molecule has 4 rings (SSSR count). The van der Waals surface area contributed by atoms with Crippen LogP contribution in [0.1, 0.15) is 86.7 Å². The number of methoxy groups -OCH3 is 1. The van der Waals surface area contributed by atoms with Crippen LogP contribution >= 0.6 is 11.3 Å². The molecule has 2 aliphatic carbocycles. The van der Waals surface area contributed by atoms with Crippen LogP contribution in [-0.2, 0) is 19.0 Å². The maximum Gasteiger partial charge on any atom is 0.350 e. The lowest BCUT2D eigenvalue weighted by molar-refractivity contribution is -0.179. The maximum atomic E-state index is 14.0. The van der Waals surface area contributed by atoms with E-state index >= 15 is 0 Å². The molecule has 2 saturated carbocycles. The summed E-state index contributed by atoms with van der Waals surface area (Å²) in [7, 11) is 1.39. The third-order valence-electron chi connectivity index (χ3n) is 7.33. The Kier molecular flexibility index (Phi) is 8.01. The first-order valence-corrected chi connectivity index (χ1v) is 13.5. The van der Waals surface area contributed by atoms with Crippen molar-refractivity contribution in [1.82, 2.24) is 0 Å². The van der Waals surface area contributed by atoms with Crippen LogP contribution in [0.15, 0.2) is 6.07 Å². The van der Waals surface area contributed by atoms with Crippen molar-refractivity contribution < 1.29 is 23.8 Å². The van der Waals surface area contributed by atoms with Gasteiger partial charge in [-0.3, -0.25) is 4.79 Å². The van der Waals surface area contributed by atoms with Crippen molar-refractivity contribution in [1.29, 1.82) is 0 Å². The molecule has 0 radical (unpaired) electrons. The predicted molar refractivity (Wildman–Crippen MR) is 133 cm³/mol. The van der Waals surface area contributed by atoms with Gasteiger partial charge in [0.15, 0.2) is 5.79 Å². The Morgan fingerprint density at radius 2 is 1.76 bits per heavy atom. The molecule has 1 aliphatic heterocycles. The normalized spacial score (nSPS) is 24.6. The summed E-state index contributed by atoms with van der Waals surface area (Å²) in [5.74, 6) is 6.45. The Hall–Kier alpha value is -1.88. The van der Waals surface area contributed by atoms with Crippen molar-refractivity contribution in [2.75, 3.05) is 25.2 Å². The molecule has 1 saturated heterocycles. The molecule has 186 valence electrons. The maximum absolute atomic E-state index is 14.0. The van der Waals surface area contributed by atoms with E-state index in [2.05, 4.69) is 18.8 Å². The molecule has 3 fully saturated rings. The van der Waals surface area contributed by atoms with Crippen LogP contribution in [0.5, 0.6) is 0 Å². The van der Waals surface area contributed by atoms with Gasteiger partial charge in [-0.15, -0.1) is 11.3 Å². The summed E-state index contributed by atoms with van der Waals surface area (Å²) in [6, 6.07) is 1.91. The van der Waals surface area contributed by atoms with E-state index in [0.717, 1.165) is 56.2 Å². The summed E-state index contributed by atoms with van der Waals surface area (Å²) in [6.07, 6.45) is 6.99. The van der Waals surface area contributed by atoms with Gasteiger partial charge >= 0.3 is 5.97 Å². The highest BCUT2D eigenvalue weighted by Gasteiger charge is 2.44. The second kappa shape index (κ2) is 10.8. The van der Waals surface area contributed by atoms with Gasteiger partial charge in [-0.2, -0.15) is 0 Å². The topological polar surface area (TPSA) is 65.1 Å². The highest BCUT2D eigenvalue weighted by molar-refractivity contribution is 7.15. The second-order valence-electron chi connectivity index (χ2n) is 10.2. The van der Waals surface area contributed by atoms with Crippen LogP contribution in [0.4, 0.5) is 5.69 Å². The van der Waals surface area contributed by atoms with Crippen LogP contribution in [0.25, 0.3) is 0 Å². The molecule has 0 N–H and O–H groups in total. The Morgan fingerprint density at radius 3 is 2.35 bits per heavy atom. The standard InChI is InChI=1S/C27H37NO5S/c1-18(2)5-10-22-17-23(24(34-22)26(30)31-4)28(25(29)20-8-6-19(3)7-9-20)21-11-13-27(14-12-21)32-15-16-33-27/h17-21H,6-9,11-16H2,1-4H3. The van der Waals surface area contributed by atoms with E-state index in [1.165, 1.54) is 18.4 Å². The van der Waals surface area contributed by atoms with Crippen LogP contribution < -0.4 is 4.90 Å². The third kappa shape index (κ3) is 5.50. The Labute approximate surface area is 207 Å². The molecule has 0 unspecified atom stereocenters. The Balaban J connectivity index is 1.68. The molecule has 7 heteroatoms. The summed E-state index contributed by atoms with van der Waals surface area (Å²) >= 11 is 1.32. The number of carbonyl (C=O) groups excluding carboxylic acids is 2. The SMILES string of the molecule is COC(=O)c1sc(C#CC(C)C)cc1N(C(=O)C1CCC(C)CC1)C1CCC2(CC1)OCCO2. The fraction of sp³-hybridized carbons (Fsp3) is 0.704. The quantitative estimate of drug-likeness (QED) is 0.421. The molecule has 3 aliphatic rings. The van der Waals surface area contributed by atoms with Gasteiger partial charge in [0.2, 0.25) is 5.91 Å². The highest BCUT2D eigenvalue weighted by Crippen LogP contribution is 2.42. The predicted octanol–water partition coefficient (Wildman–Crippen LogP) is 5.39. The summed E-state index contributed by atoms with van der Waals surface area (Å²) in [4.78, 5) is 30.0. The monoisotopic (exact) mass is 487 g/mol. The summed E-state index contributed by atoms with van der Waals surface area (Å²) < 4.78 is 17.0. The smallest absolute Gasteiger partial charge is 0.350 e. The fourth-order valence-electron chi connectivity index (χ4n) is 5.36. The number of hydrogen-bond donors (Lipinski definition) is 0. The van der Waals surface area contributed by atoms with Gasteiger partial charge in [0.1, 0.15) is 4.88 Å². The van der Waals surface area contributed by atoms with Gasteiger partial charge in [-0.1, -0.05) is 32.6 Å². The number of nitrogens with zero attached hydrogens (tertiary/aromatic N) is 1. The van der Waals surface area contributed by atoms with Crippen LogP contribution in [0.3, 0.4) is 0 Å². The molecule has 0 aromatic carbocycles. The molecule has 0 bridgehead atoms. The second-order valence-corrected chi connectivity index (χ2v) is 11.3. The number of ether oxygens (including phenoxy) is 3. The number of esters is 1. The number of anilines is 1. The van der Waals surface area contributed by atoms with E-state index in [4.69, 9.17) is 14.2 Å². The minimum absolute atomic E-state index is 0.00538. The number of hydrogen-bond acceptors (Lipinski definition) is 6. The third-order valence-corrected chi connectivity index (χ3v) is 8.34. The van der Waals surface area contributed by atoms with E-state index < -0.39 is 11.8 Å². The number of thiophene rings is 1. The minimum atomic E-state index is -0.501.